The van der Waals surface area contributed by atoms with Gasteiger partial charge in [0.2, 0.25) is 0 Å². The fourth-order valence-corrected chi connectivity index (χ4v) is 2.98. The van der Waals surface area contributed by atoms with E-state index in [0.717, 1.165) is 6.42 Å². The minimum Gasteiger partial charge on any atom is -0.472 e. The molecule has 0 spiro atoms. The van der Waals surface area contributed by atoms with Gasteiger partial charge in [0.25, 0.3) is 0 Å². The molecule has 1 saturated carbocycles. The molecule has 1 aromatic carbocycles. The van der Waals surface area contributed by atoms with Gasteiger partial charge in [-0.15, -0.1) is 0 Å². The molecule has 0 aromatic heterocycles. The molecule has 0 aliphatic heterocycles. The minimum atomic E-state index is -0.209. The van der Waals surface area contributed by atoms with Gasteiger partial charge in [0, 0.05) is 11.1 Å². The molecule has 1 aromatic rings. The molecular weight excluding hydrogens is 311 g/mol. The summed E-state index contributed by atoms with van der Waals surface area (Å²) >= 11 is 11.8. The molecule has 2 unspecified atom stereocenters. The number of ether oxygens (including phenoxy) is 1. The topological polar surface area (TPSA) is 50.4 Å². The Hall–Kier alpha value is -1.13. The van der Waals surface area contributed by atoms with Crippen molar-refractivity contribution in [3.05, 3.63) is 28.2 Å². The summed E-state index contributed by atoms with van der Waals surface area (Å²) in [5.74, 6) is 1.02. The summed E-state index contributed by atoms with van der Waals surface area (Å²) in [6, 6.07) is 5.00. The van der Waals surface area contributed by atoms with E-state index in [9.17, 15) is 4.79 Å². The van der Waals surface area contributed by atoms with Gasteiger partial charge >= 0.3 is 6.03 Å². The van der Waals surface area contributed by atoms with Gasteiger partial charge in [-0.1, -0.05) is 43.0 Å². The van der Waals surface area contributed by atoms with Crippen molar-refractivity contribution in [2.75, 3.05) is 6.73 Å². The molecular formula is C15H20Cl2N2O2. The molecule has 0 heterocycles. The van der Waals surface area contributed by atoms with E-state index < -0.39 is 0 Å². The molecule has 0 bridgehead atoms. The van der Waals surface area contributed by atoms with Crippen LogP contribution < -0.4 is 15.4 Å². The zero-order valence-corrected chi connectivity index (χ0v) is 13.5. The molecule has 2 N–H and O–H groups in total. The van der Waals surface area contributed by atoms with Crippen molar-refractivity contribution in [3.63, 3.8) is 0 Å². The van der Waals surface area contributed by atoms with E-state index in [1.807, 2.05) is 0 Å². The van der Waals surface area contributed by atoms with Gasteiger partial charge in [0.15, 0.2) is 6.73 Å². The number of carbonyl (C=O) groups excluding carboxylic acids is 1. The zero-order valence-electron chi connectivity index (χ0n) is 12.0. The molecule has 6 heteroatoms. The first kappa shape index (κ1) is 16.2. The third-order valence-corrected chi connectivity index (χ3v) is 4.31. The van der Waals surface area contributed by atoms with Crippen molar-refractivity contribution in [1.82, 2.24) is 10.6 Å². The molecule has 1 aliphatic rings. The van der Waals surface area contributed by atoms with E-state index in [-0.39, 0.29) is 18.8 Å². The van der Waals surface area contributed by atoms with Gasteiger partial charge < -0.3 is 15.4 Å². The number of nitrogens with one attached hydrogen (secondary N) is 2. The minimum absolute atomic E-state index is 0.0638. The molecule has 116 valence electrons. The number of urea groups is 1. The van der Waals surface area contributed by atoms with Crippen molar-refractivity contribution >= 4 is 29.2 Å². The third kappa shape index (κ3) is 4.97. The van der Waals surface area contributed by atoms with Crippen LogP contribution in [0, 0.1) is 5.92 Å². The monoisotopic (exact) mass is 330 g/mol. The second-order valence-corrected chi connectivity index (χ2v) is 6.23. The highest BCUT2D eigenvalue weighted by molar-refractivity contribution is 6.35. The van der Waals surface area contributed by atoms with Crippen LogP contribution >= 0.6 is 23.2 Å². The maximum Gasteiger partial charge on any atom is 0.317 e. The number of carbonyl (C=O) groups is 1. The summed E-state index contributed by atoms with van der Waals surface area (Å²) in [5, 5.41) is 6.64. The fourth-order valence-electron chi connectivity index (χ4n) is 2.52. The quantitative estimate of drug-likeness (QED) is 0.812. The molecule has 2 amide bonds. The highest BCUT2D eigenvalue weighted by Crippen LogP contribution is 2.27. The van der Waals surface area contributed by atoms with Crippen molar-refractivity contribution in [1.29, 1.82) is 0 Å². The van der Waals surface area contributed by atoms with Gasteiger partial charge in [-0.05, 0) is 37.0 Å². The molecule has 4 nitrogen and oxygen atoms in total. The van der Waals surface area contributed by atoms with E-state index in [1.165, 1.54) is 19.3 Å². The summed E-state index contributed by atoms with van der Waals surface area (Å²) in [7, 11) is 0. The van der Waals surface area contributed by atoms with Crippen LogP contribution in [0.15, 0.2) is 18.2 Å². The molecule has 2 rings (SSSR count). The molecule has 21 heavy (non-hydrogen) atoms. The fraction of sp³-hybridized carbons (Fsp3) is 0.533. The summed E-state index contributed by atoms with van der Waals surface area (Å²) in [6.07, 6.45) is 4.63. The number of benzene rings is 1. The van der Waals surface area contributed by atoms with Crippen LogP contribution in [-0.2, 0) is 0 Å². The SMILES string of the molecule is CC1CCCCC1NC(=O)NCOc1ccc(Cl)cc1Cl. The smallest absolute Gasteiger partial charge is 0.317 e. The van der Waals surface area contributed by atoms with Crippen molar-refractivity contribution in [2.45, 2.75) is 38.6 Å². The van der Waals surface area contributed by atoms with E-state index >= 15 is 0 Å². The van der Waals surface area contributed by atoms with E-state index in [0.29, 0.717) is 21.7 Å². The van der Waals surface area contributed by atoms with E-state index in [4.69, 9.17) is 27.9 Å². The summed E-state index contributed by atoms with van der Waals surface area (Å²) in [5.41, 5.74) is 0. The van der Waals surface area contributed by atoms with Crippen LogP contribution in [0.25, 0.3) is 0 Å². The molecule has 0 saturated heterocycles. The van der Waals surface area contributed by atoms with Crippen molar-refractivity contribution in [2.24, 2.45) is 5.92 Å². The Kier molecular flexibility index (Phi) is 6.00. The maximum atomic E-state index is 11.8. The van der Waals surface area contributed by atoms with Gasteiger partial charge in [-0.2, -0.15) is 0 Å². The van der Waals surface area contributed by atoms with Crippen LogP contribution in [-0.4, -0.2) is 18.8 Å². The standard InChI is InChI=1S/C15H20Cl2N2O2/c1-10-4-2-3-5-13(10)19-15(20)18-9-21-14-7-6-11(16)8-12(14)17/h6-8,10,13H,2-5,9H2,1H3,(H2,18,19,20). The average Bonchev–Trinajstić information content (AvgIpc) is 2.44. The van der Waals surface area contributed by atoms with Gasteiger partial charge in [0.05, 0.1) is 5.02 Å². The summed E-state index contributed by atoms with van der Waals surface area (Å²) in [6.45, 7) is 2.24. The highest BCUT2D eigenvalue weighted by atomic mass is 35.5. The lowest BCUT2D eigenvalue weighted by Crippen LogP contribution is -2.46. The number of amides is 2. The molecule has 0 radical (unpaired) electrons. The average molecular weight is 331 g/mol. The van der Waals surface area contributed by atoms with E-state index in [1.54, 1.807) is 18.2 Å². The largest absolute Gasteiger partial charge is 0.472 e. The third-order valence-electron chi connectivity index (χ3n) is 3.78. The van der Waals surface area contributed by atoms with Crippen molar-refractivity contribution < 1.29 is 9.53 Å². The van der Waals surface area contributed by atoms with E-state index in [2.05, 4.69) is 17.6 Å². The van der Waals surface area contributed by atoms with Crippen molar-refractivity contribution in [3.8, 4) is 5.75 Å². The Labute approximate surface area is 135 Å². The Morgan fingerprint density at radius 1 is 1.33 bits per heavy atom. The first-order valence-electron chi connectivity index (χ1n) is 7.18. The summed E-state index contributed by atoms with van der Waals surface area (Å²) in [4.78, 5) is 11.8. The Bertz CT molecular complexity index is 497. The lowest BCUT2D eigenvalue weighted by molar-refractivity contribution is 0.208. The lowest BCUT2D eigenvalue weighted by Gasteiger charge is -2.29. The highest BCUT2D eigenvalue weighted by Gasteiger charge is 2.22. The van der Waals surface area contributed by atoms with Crippen LogP contribution in [0.1, 0.15) is 32.6 Å². The van der Waals surface area contributed by atoms with Crippen LogP contribution in [0.2, 0.25) is 10.0 Å². The Morgan fingerprint density at radius 3 is 2.81 bits per heavy atom. The van der Waals surface area contributed by atoms with Crippen LogP contribution in [0.4, 0.5) is 4.79 Å². The first-order chi connectivity index (χ1) is 10.1. The Morgan fingerprint density at radius 2 is 2.10 bits per heavy atom. The molecule has 1 aliphatic carbocycles. The number of halogens is 2. The van der Waals surface area contributed by atoms with Crippen LogP contribution in [0.3, 0.4) is 0 Å². The zero-order chi connectivity index (χ0) is 15.2. The second kappa shape index (κ2) is 7.76. The Balaban J connectivity index is 1.73. The predicted molar refractivity (Wildman–Crippen MR) is 85.0 cm³/mol. The normalized spacial score (nSPS) is 21.7. The maximum absolute atomic E-state index is 11.8. The summed E-state index contributed by atoms with van der Waals surface area (Å²) < 4.78 is 5.42. The molecule has 2 atom stereocenters. The van der Waals surface area contributed by atoms with Gasteiger partial charge in [0.1, 0.15) is 5.75 Å². The predicted octanol–water partition coefficient (Wildman–Crippen LogP) is 4.21. The van der Waals surface area contributed by atoms with Gasteiger partial charge in [-0.3, -0.25) is 0 Å². The number of hydrogen-bond acceptors (Lipinski definition) is 2. The first-order valence-corrected chi connectivity index (χ1v) is 7.94. The van der Waals surface area contributed by atoms with Crippen LogP contribution in [0.5, 0.6) is 5.75 Å². The lowest BCUT2D eigenvalue weighted by atomic mass is 9.86. The number of rotatable bonds is 4. The molecule has 1 fully saturated rings. The van der Waals surface area contributed by atoms with Gasteiger partial charge in [-0.25, -0.2) is 4.79 Å². The second-order valence-electron chi connectivity index (χ2n) is 5.38. The number of hydrogen-bond donors (Lipinski definition) is 2.